The average Bonchev–Trinajstić information content (AvgIpc) is 3.24. The third kappa shape index (κ3) is 3.09. The molecule has 1 N–H and O–H groups in total. The van der Waals surface area contributed by atoms with Gasteiger partial charge in [-0.15, -0.1) is 11.3 Å². The molecule has 1 aromatic carbocycles. The van der Waals surface area contributed by atoms with E-state index in [9.17, 15) is 4.79 Å². The molecule has 0 bridgehead atoms. The largest absolute Gasteiger partial charge is 0.467 e. The number of carbonyl (C=O) groups excluding carboxylic acids is 1. The summed E-state index contributed by atoms with van der Waals surface area (Å²) in [6, 6.07) is 13.1. The summed E-state index contributed by atoms with van der Waals surface area (Å²) < 4.78 is 5.49. The van der Waals surface area contributed by atoms with Crippen LogP contribution in [0.3, 0.4) is 0 Å². The summed E-state index contributed by atoms with van der Waals surface area (Å²) in [7, 11) is 0. The lowest BCUT2D eigenvalue weighted by atomic mass is 10.0. The van der Waals surface area contributed by atoms with Gasteiger partial charge in [-0.3, -0.25) is 4.79 Å². The summed E-state index contributed by atoms with van der Waals surface area (Å²) in [6.07, 6.45) is 4.07. The van der Waals surface area contributed by atoms with Crippen LogP contribution in [0.2, 0.25) is 0 Å². The van der Waals surface area contributed by atoms with Crippen LogP contribution in [0.5, 0.6) is 0 Å². The van der Waals surface area contributed by atoms with Crippen molar-refractivity contribution in [3.05, 3.63) is 76.1 Å². The number of hydrogen-bond acceptors (Lipinski definition) is 4. The number of benzene rings is 1. The van der Waals surface area contributed by atoms with Gasteiger partial charge in [0.1, 0.15) is 16.7 Å². The molecule has 112 valence electrons. The van der Waals surface area contributed by atoms with Crippen LogP contribution in [0.1, 0.15) is 39.0 Å². The first-order valence-corrected chi connectivity index (χ1v) is 7.93. The van der Waals surface area contributed by atoms with Crippen molar-refractivity contribution in [3.63, 3.8) is 0 Å². The van der Waals surface area contributed by atoms with Gasteiger partial charge in [0.2, 0.25) is 0 Å². The molecule has 5 heteroatoms. The Morgan fingerprint density at radius 2 is 2.09 bits per heavy atom. The predicted octanol–water partition coefficient (Wildman–Crippen LogP) is 3.82. The first-order chi connectivity index (χ1) is 10.8. The number of carbonyl (C=O) groups is 1. The minimum Gasteiger partial charge on any atom is -0.467 e. The monoisotopic (exact) mass is 312 g/mol. The fraction of sp³-hybridized carbons (Fsp3) is 0.176. The lowest BCUT2D eigenvalue weighted by Crippen LogP contribution is -2.28. The SMILES string of the molecule is CCc1ncc(C(=O)N[C@@H](c2ccccc2)c2ccco2)s1. The van der Waals surface area contributed by atoms with Crippen molar-refractivity contribution in [2.45, 2.75) is 19.4 Å². The van der Waals surface area contributed by atoms with E-state index in [0.29, 0.717) is 10.6 Å². The molecule has 4 nitrogen and oxygen atoms in total. The molecule has 22 heavy (non-hydrogen) atoms. The van der Waals surface area contributed by atoms with Gasteiger partial charge in [-0.05, 0) is 24.1 Å². The van der Waals surface area contributed by atoms with Gasteiger partial charge >= 0.3 is 0 Å². The van der Waals surface area contributed by atoms with Gasteiger partial charge in [0.15, 0.2) is 0 Å². The Hall–Kier alpha value is -2.40. The molecular weight excluding hydrogens is 296 g/mol. The normalized spacial score (nSPS) is 12.0. The minimum absolute atomic E-state index is 0.137. The Kier molecular flexibility index (Phi) is 4.34. The number of nitrogens with zero attached hydrogens (tertiary/aromatic N) is 1. The van der Waals surface area contributed by atoms with E-state index >= 15 is 0 Å². The van der Waals surface area contributed by atoms with E-state index in [2.05, 4.69) is 10.3 Å². The second-order valence-corrected chi connectivity index (χ2v) is 5.92. The summed E-state index contributed by atoms with van der Waals surface area (Å²) in [6.45, 7) is 2.02. The number of aromatic nitrogens is 1. The molecule has 1 atom stereocenters. The van der Waals surface area contributed by atoms with Crippen molar-refractivity contribution in [1.82, 2.24) is 10.3 Å². The molecule has 0 aliphatic carbocycles. The number of nitrogens with one attached hydrogen (secondary N) is 1. The minimum atomic E-state index is -0.309. The lowest BCUT2D eigenvalue weighted by molar-refractivity contribution is 0.0943. The molecule has 0 radical (unpaired) electrons. The molecule has 0 spiro atoms. The zero-order valence-corrected chi connectivity index (χ0v) is 13.0. The van der Waals surface area contributed by atoms with Gasteiger partial charge in [-0.25, -0.2) is 4.98 Å². The van der Waals surface area contributed by atoms with Crippen molar-refractivity contribution in [3.8, 4) is 0 Å². The third-order valence-electron chi connectivity index (χ3n) is 3.32. The number of furan rings is 1. The van der Waals surface area contributed by atoms with E-state index in [1.54, 1.807) is 12.5 Å². The number of aryl methyl sites for hydroxylation is 1. The van der Waals surface area contributed by atoms with E-state index < -0.39 is 0 Å². The Bertz CT molecular complexity index is 735. The first-order valence-electron chi connectivity index (χ1n) is 7.12. The first kappa shape index (κ1) is 14.5. The maximum atomic E-state index is 12.5. The second-order valence-electron chi connectivity index (χ2n) is 4.80. The van der Waals surface area contributed by atoms with Crippen molar-refractivity contribution >= 4 is 17.2 Å². The van der Waals surface area contributed by atoms with Crippen LogP contribution in [0, 0.1) is 0 Å². The smallest absolute Gasteiger partial charge is 0.263 e. The number of thiazole rings is 1. The van der Waals surface area contributed by atoms with Crippen molar-refractivity contribution in [2.75, 3.05) is 0 Å². The van der Waals surface area contributed by atoms with Crippen LogP contribution in [-0.4, -0.2) is 10.9 Å². The van der Waals surface area contributed by atoms with Gasteiger partial charge in [-0.2, -0.15) is 0 Å². The molecule has 3 rings (SSSR count). The highest BCUT2D eigenvalue weighted by Crippen LogP contribution is 2.23. The average molecular weight is 312 g/mol. The summed E-state index contributed by atoms with van der Waals surface area (Å²) in [5.41, 5.74) is 0.978. The predicted molar refractivity (Wildman–Crippen MR) is 86.0 cm³/mol. The van der Waals surface area contributed by atoms with E-state index in [-0.39, 0.29) is 11.9 Å². The summed E-state index contributed by atoms with van der Waals surface area (Å²) in [5.74, 6) is 0.572. The highest BCUT2D eigenvalue weighted by molar-refractivity contribution is 7.13. The Balaban J connectivity index is 1.86. The van der Waals surface area contributed by atoms with Crippen LogP contribution >= 0.6 is 11.3 Å². The van der Waals surface area contributed by atoms with Gasteiger partial charge in [0.25, 0.3) is 5.91 Å². The molecular formula is C17H16N2O2S. The zero-order chi connectivity index (χ0) is 15.4. The van der Waals surface area contributed by atoms with E-state index in [1.165, 1.54) is 11.3 Å². The summed E-state index contributed by atoms with van der Waals surface area (Å²) in [5, 5.41) is 3.98. The van der Waals surface area contributed by atoms with E-state index in [0.717, 1.165) is 17.0 Å². The van der Waals surface area contributed by atoms with Crippen LogP contribution in [0.15, 0.2) is 59.3 Å². The maximum absolute atomic E-state index is 12.5. The standard InChI is InChI=1S/C17H16N2O2S/c1-2-15-18-11-14(22-15)17(20)19-16(13-9-6-10-21-13)12-7-4-3-5-8-12/h3-11,16H,2H2,1H3,(H,19,20)/t16-/m0/s1. The molecule has 0 saturated heterocycles. The van der Waals surface area contributed by atoms with Gasteiger partial charge < -0.3 is 9.73 Å². The zero-order valence-electron chi connectivity index (χ0n) is 12.2. The highest BCUT2D eigenvalue weighted by Gasteiger charge is 2.21. The number of rotatable bonds is 5. The quantitative estimate of drug-likeness (QED) is 0.779. The third-order valence-corrected chi connectivity index (χ3v) is 4.46. The van der Waals surface area contributed by atoms with E-state index in [1.807, 2.05) is 49.4 Å². The topological polar surface area (TPSA) is 55.1 Å². The molecule has 3 aromatic rings. The second kappa shape index (κ2) is 6.58. The number of hydrogen-bond donors (Lipinski definition) is 1. The van der Waals surface area contributed by atoms with Crippen molar-refractivity contribution in [1.29, 1.82) is 0 Å². The Morgan fingerprint density at radius 3 is 2.73 bits per heavy atom. The van der Waals surface area contributed by atoms with Crippen molar-refractivity contribution < 1.29 is 9.21 Å². The summed E-state index contributed by atoms with van der Waals surface area (Å²) >= 11 is 1.42. The summed E-state index contributed by atoms with van der Waals surface area (Å²) in [4.78, 5) is 17.3. The Labute approximate surface area is 132 Å². The van der Waals surface area contributed by atoms with Crippen LogP contribution in [0.25, 0.3) is 0 Å². The molecule has 0 fully saturated rings. The number of amides is 1. The molecule has 1 amide bonds. The molecule has 2 aromatic heterocycles. The molecule has 0 aliphatic heterocycles. The maximum Gasteiger partial charge on any atom is 0.263 e. The molecule has 0 saturated carbocycles. The Morgan fingerprint density at radius 1 is 1.27 bits per heavy atom. The van der Waals surface area contributed by atoms with Crippen molar-refractivity contribution in [2.24, 2.45) is 0 Å². The molecule has 2 heterocycles. The van der Waals surface area contributed by atoms with E-state index in [4.69, 9.17) is 4.42 Å². The fourth-order valence-corrected chi connectivity index (χ4v) is 2.96. The molecule has 0 unspecified atom stereocenters. The van der Waals surface area contributed by atoms with Crippen LogP contribution in [0.4, 0.5) is 0 Å². The van der Waals surface area contributed by atoms with Gasteiger partial charge in [0, 0.05) is 0 Å². The highest BCUT2D eigenvalue weighted by atomic mass is 32.1. The lowest BCUT2D eigenvalue weighted by Gasteiger charge is -2.16. The van der Waals surface area contributed by atoms with Crippen LogP contribution in [-0.2, 0) is 6.42 Å². The van der Waals surface area contributed by atoms with Gasteiger partial charge in [0.05, 0.1) is 17.5 Å². The van der Waals surface area contributed by atoms with Crippen LogP contribution < -0.4 is 5.32 Å². The fourth-order valence-electron chi connectivity index (χ4n) is 2.20. The molecule has 0 aliphatic rings. The van der Waals surface area contributed by atoms with Gasteiger partial charge in [-0.1, -0.05) is 37.3 Å².